The number of methoxy groups -OCH3 is 1. The van der Waals surface area contributed by atoms with Gasteiger partial charge >= 0.3 is 0 Å². The van der Waals surface area contributed by atoms with Gasteiger partial charge in [-0.25, -0.2) is 0 Å². The lowest BCUT2D eigenvalue weighted by molar-refractivity contribution is -0.131. The van der Waals surface area contributed by atoms with Crippen LogP contribution in [0.3, 0.4) is 0 Å². The van der Waals surface area contributed by atoms with Gasteiger partial charge in [-0.15, -0.1) is 5.10 Å². The zero-order valence-electron chi connectivity index (χ0n) is 14.8. The molecule has 25 heavy (non-hydrogen) atoms. The molecule has 0 aliphatic carbocycles. The van der Waals surface area contributed by atoms with E-state index in [2.05, 4.69) is 15.5 Å². The van der Waals surface area contributed by atoms with Crippen LogP contribution in [0.1, 0.15) is 31.7 Å². The highest BCUT2D eigenvalue weighted by Crippen LogP contribution is 2.29. The Hall–Kier alpha value is -2.09. The van der Waals surface area contributed by atoms with Gasteiger partial charge in [0.25, 0.3) is 0 Å². The van der Waals surface area contributed by atoms with E-state index in [4.69, 9.17) is 4.74 Å². The summed E-state index contributed by atoms with van der Waals surface area (Å²) in [5.41, 5.74) is 1.85. The molecule has 0 N–H and O–H groups in total. The minimum absolute atomic E-state index is 0.149. The average molecular weight is 361 g/mol. The molecule has 1 amide bonds. The Kier molecular flexibility index (Phi) is 5.57. The third-order valence-corrected chi connectivity index (χ3v) is 5.32. The molecule has 0 radical (unpaired) electrons. The van der Waals surface area contributed by atoms with E-state index in [0.717, 1.165) is 37.2 Å². The lowest BCUT2D eigenvalue weighted by atomic mass is 10.1. The average Bonchev–Trinajstić information content (AvgIpc) is 3.09. The zero-order chi connectivity index (χ0) is 17.8. The minimum atomic E-state index is -0.237. The molecule has 1 aliphatic heterocycles. The number of aryl methyl sites for hydroxylation is 1. The predicted molar refractivity (Wildman–Crippen MR) is 96.2 cm³/mol. The quantitative estimate of drug-likeness (QED) is 0.762. The number of thioether (sulfide) groups is 1. The minimum Gasteiger partial charge on any atom is -0.494 e. The standard InChI is InChI=1S/C17H23N5O2S/c1-12-7-8-15(24-3)14(11-12)22-17(18-19-20-22)25-13(2)16(23)21-9-5-4-6-10-21/h7-8,11,13H,4-6,9-10H2,1-3H3/t13-/m1/s1. The summed E-state index contributed by atoms with van der Waals surface area (Å²) < 4.78 is 7.06. The fourth-order valence-corrected chi connectivity index (χ4v) is 3.83. The Bertz CT molecular complexity index is 742. The molecule has 2 heterocycles. The van der Waals surface area contributed by atoms with Crippen LogP contribution in [-0.4, -0.2) is 56.5 Å². The number of tetrazole rings is 1. The Balaban J connectivity index is 1.80. The van der Waals surface area contributed by atoms with Gasteiger partial charge in [0.15, 0.2) is 0 Å². The molecule has 0 bridgehead atoms. The van der Waals surface area contributed by atoms with Gasteiger partial charge < -0.3 is 9.64 Å². The van der Waals surface area contributed by atoms with Crippen molar-refractivity contribution in [1.29, 1.82) is 0 Å². The number of amides is 1. The fourth-order valence-electron chi connectivity index (χ4n) is 2.95. The zero-order valence-corrected chi connectivity index (χ0v) is 15.6. The summed E-state index contributed by atoms with van der Waals surface area (Å²) >= 11 is 1.38. The molecule has 1 atom stereocenters. The van der Waals surface area contributed by atoms with Crippen LogP contribution in [-0.2, 0) is 4.79 Å². The number of hydrogen-bond acceptors (Lipinski definition) is 6. The normalized spacial score (nSPS) is 15.9. The van der Waals surface area contributed by atoms with Gasteiger partial charge in [-0.2, -0.15) is 4.68 Å². The van der Waals surface area contributed by atoms with Gasteiger partial charge in [-0.1, -0.05) is 17.8 Å². The first kappa shape index (κ1) is 17.7. The van der Waals surface area contributed by atoms with E-state index in [1.807, 2.05) is 36.9 Å². The van der Waals surface area contributed by atoms with E-state index in [-0.39, 0.29) is 11.2 Å². The Morgan fingerprint density at radius 3 is 2.76 bits per heavy atom. The number of hydrogen-bond donors (Lipinski definition) is 0. The topological polar surface area (TPSA) is 73.1 Å². The van der Waals surface area contributed by atoms with Crippen LogP contribution in [0.15, 0.2) is 23.4 Å². The maximum absolute atomic E-state index is 12.7. The van der Waals surface area contributed by atoms with Gasteiger partial charge in [0, 0.05) is 13.1 Å². The maximum atomic E-state index is 12.7. The van der Waals surface area contributed by atoms with E-state index in [9.17, 15) is 4.79 Å². The van der Waals surface area contributed by atoms with Crippen molar-refractivity contribution >= 4 is 17.7 Å². The lowest BCUT2D eigenvalue weighted by Gasteiger charge is -2.28. The van der Waals surface area contributed by atoms with Crippen molar-refractivity contribution in [1.82, 2.24) is 25.1 Å². The Morgan fingerprint density at radius 1 is 1.28 bits per heavy atom. The lowest BCUT2D eigenvalue weighted by Crippen LogP contribution is -2.40. The van der Waals surface area contributed by atoms with Crippen molar-refractivity contribution in [3.8, 4) is 11.4 Å². The van der Waals surface area contributed by atoms with Crippen molar-refractivity contribution in [3.05, 3.63) is 23.8 Å². The highest BCUT2D eigenvalue weighted by Gasteiger charge is 2.25. The van der Waals surface area contributed by atoms with Crippen LogP contribution >= 0.6 is 11.8 Å². The van der Waals surface area contributed by atoms with E-state index in [1.54, 1.807) is 11.8 Å². The van der Waals surface area contributed by atoms with Gasteiger partial charge in [0.05, 0.1) is 12.4 Å². The first-order valence-corrected chi connectivity index (χ1v) is 9.37. The van der Waals surface area contributed by atoms with Crippen LogP contribution < -0.4 is 4.74 Å². The molecule has 8 heteroatoms. The van der Waals surface area contributed by atoms with Gasteiger partial charge in [0.2, 0.25) is 11.1 Å². The number of likely N-dealkylation sites (tertiary alicyclic amines) is 1. The van der Waals surface area contributed by atoms with Crippen LogP contribution in [0.25, 0.3) is 5.69 Å². The number of rotatable bonds is 5. The second-order valence-corrected chi connectivity index (χ2v) is 7.50. The molecule has 1 fully saturated rings. The van der Waals surface area contributed by atoms with Crippen LogP contribution in [0.2, 0.25) is 0 Å². The number of carbonyl (C=O) groups excluding carboxylic acids is 1. The number of ether oxygens (including phenoxy) is 1. The highest BCUT2D eigenvalue weighted by atomic mass is 32.2. The number of carbonyl (C=O) groups is 1. The fraction of sp³-hybridized carbons (Fsp3) is 0.529. The number of benzene rings is 1. The summed E-state index contributed by atoms with van der Waals surface area (Å²) in [4.78, 5) is 14.6. The molecule has 0 spiro atoms. The SMILES string of the molecule is COc1ccc(C)cc1-n1nnnc1S[C@H](C)C(=O)N1CCCCC1. The maximum Gasteiger partial charge on any atom is 0.235 e. The van der Waals surface area contributed by atoms with Crippen LogP contribution in [0.4, 0.5) is 0 Å². The largest absolute Gasteiger partial charge is 0.494 e. The van der Waals surface area contributed by atoms with E-state index in [1.165, 1.54) is 18.2 Å². The number of piperidine rings is 1. The molecular weight excluding hydrogens is 338 g/mol. The van der Waals surface area contributed by atoms with E-state index < -0.39 is 0 Å². The molecule has 7 nitrogen and oxygen atoms in total. The van der Waals surface area contributed by atoms with Gasteiger partial charge in [-0.05, 0) is 61.2 Å². The molecule has 2 aromatic rings. The first-order valence-electron chi connectivity index (χ1n) is 8.49. The molecule has 3 rings (SSSR count). The van der Waals surface area contributed by atoms with Gasteiger partial charge in [-0.3, -0.25) is 4.79 Å². The summed E-state index contributed by atoms with van der Waals surface area (Å²) in [5, 5.41) is 12.3. The Morgan fingerprint density at radius 2 is 2.04 bits per heavy atom. The van der Waals surface area contributed by atoms with E-state index >= 15 is 0 Å². The second-order valence-electron chi connectivity index (χ2n) is 6.19. The smallest absolute Gasteiger partial charge is 0.235 e. The number of aromatic nitrogens is 4. The molecule has 1 aliphatic rings. The molecule has 1 aromatic carbocycles. The van der Waals surface area contributed by atoms with Crippen molar-refractivity contribution in [2.45, 2.75) is 43.5 Å². The third-order valence-electron chi connectivity index (χ3n) is 4.30. The summed E-state index contributed by atoms with van der Waals surface area (Å²) in [7, 11) is 1.62. The molecule has 0 saturated carbocycles. The van der Waals surface area contributed by atoms with Crippen molar-refractivity contribution < 1.29 is 9.53 Å². The highest BCUT2D eigenvalue weighted by molar-refractivity contribution is 8.00. The summed E-state index contributed by atoms with van der Waals surface area (Å²) in [6.45, 7) is 5.61. The summed E-state index contributed by atoms with van der Waals surface area (Å²) in [6.07, 6.45) is 3.37. The van der Waals surface area contributed by atoms with Crippen molar-refractivity contribution in [2.24, 2.45) is 0 Å². The third kappa shape index (κ3) is 3.95. The van der Waals surface area contributed by atoms with E-state index in [0.29, 0.717) is 10.9 Å². The second kappa shape index (κ2) is 7.86. The molecule has 1 aromatic heterocycles. The van der Waals surface area contributed by atoms with Crippen LogP contribution in [0.5, 0.6) is 5.75 Å². The number of nitrogens with zero attached hydrogens (tertiary/aromatic N) is 5. The molecule has 1 saturated heterocycles. The monoisotopic (exact) mass is 361 g/mol. The summed E-state index contributed by atoms with van der Waals surface area (Å²) in [5.74, 6) is 0.838. The van der Waals surface area contributed by atoms with Crippen LogP contribution in [0, 0.1) is 6.92 Å². The molecular formula is C17H23N5O2S. The molecule has 134 valence electrons. The first-order chi connectivity index (χ1) is 12.1. The van der Waals surface area contributed by atoms with Crippen molar-refractivity contribution in [3.63, 3.8) is 0 Å². The van der Waals surface area contributed by atoms with Crippen molar-refractivity contribution in [2.75, 3.05) is 20.2 Å². The predicted octanol–water partition coefficient (Wildman–Crippen LogP) is 2.47. The summed E-state index contributed by atoms with van der Waals surface area (Å²) in [6, 6.07) is 5.83. The molecule has 0 unspecified atom stereocenters. The van der Waals surface area contributed by atoms with Gasteiger partial charge in [0.1, 0.15) is 11.4 Å². The Labute approximate surface area is 151 Å².